The van der Waals surface area contributed by atoms with E-state index >= 15 is 0 Å². The number of halogens is 1. The molecule has 1 aromatic heterocycles. The van der Waals surface area contributed by atoms with Crippen LogP contribution in [0.3, 0.4) is 0 Å². The molecule has 0 fully saturated rings. The van der Waals surface area contributed by atoms with E-state index in [0.29, 0.717) is 21.5 Å². The van der Waals surface area contributed by atoms with Crippen molar-refractivity contribution in [3.63, 3.8) is 0 Å². The second kappa shape index (κ2) is 10.2. The SMILES string of the molecule is CC(=O)Nc1ccc(NC(=O)COC(=O)CSCc2ccc(Cl)s2)cc1. The molecule has 2 rings (SSSR count). The van der Waals surface area contributed by atoms with Gasteiger partial charge in [-0.15, -0.1) is 23.1 Å². The summed E-state index contributed by atoms with van der Waals surface area (Å²) in [5, 5.41) is 5.24. The number of nitrogens with one attached hydrogen (secondary N) is 2. The first-order valence-electron chi connectivity index (χ1n) is 7.57. The number of hydrogen-bond acceptors (Lipinski definition) is 6. The third-order valence-corrected chi connectivity index (χ3v) is 5.32. The summed E-state index contributed by atoms with van der Waals surface area (Å²) in [6.07, 6.45) is 0. The van der Waals surface area contributed by atoms with E-state index in [-0.39, 0.29) is 18.3 Å². The van der Waals surface area contributed by atoms with Gasteiger partial charge in [0, 0.05) is 28.9 Å². The van der Waals surface area contributed by atoms with E-state index in [1.54, 1.807) is 24.3 Å². The number of carbonyl (C=O) groups excluding carboxylic acids is 3. The lowest BCUT2D eigenvalue weighted by molar-refractivity contribution is -0.144. The van der Waals surface area contributed by atoms with Gasteiger partial charge in [-0.2, -0.15) is 0 Å². The third kappa shape index (κ3) is 7.47. The Morgan fingerprint density at radius 2 is 1.73 bits per heavy atom. The van der Waals surface area contributed by atoms with Crippen molar-refractivity contribution in [1.29, 1.82) is 0 Å². The van der Waals surface area contributed by atoms with Crippen molar-refractivity contribution < 1.29 is 19.1 Å². The standard InChI is InChI=1S/C17H17ClN2O4S2/c1-11(21)19-12-2-4-13(5-3-12)20-16(22)8-24-17(23)10-25-9-14-6-7-15(18)26-14/h2-7H,8-10H2,1H3,(H,19,21)(H,20,22). The Morgan fingerprint density at radius 3 is 2.31 bits per heavy atom. The molecule has 0 aliphatic heterocycles. The lowest BCUT2D eigenvalue weighted by Crippen LogP contribution is -2.21. The van der Waals surface area contributed by atoms with E-state index in [0.717, 1.165) is 4.88 Å². The van der Waals surface area contributed by atoms with Crippen LogP contribution in [0.2, 0.25) is 4.34 Å². The molecule has 138 valence electrons. The van der Waals surface area contributed by atoms with E-state index in [9.17, 15) is 14.4 Å². The maximum Gasteiger partial charge on any atom is 0.316 e. The van der Waals surface area contributed by atoms with Crippen molar-refractivity contribution in [2.24, 2.45) is 0 Å². The maximum atomic E-state index is 11.8. The molecule has 0 unspecified atom stereocenters. The fraction of sp³-hybridized carbons (Fsp3) is 0.235. The van der Waals surface area contributed by atoms with Crippen molar-refractivity contribution in [2.45, 2.75) is 12.7 Å². The van der Waals surface area contributed by atoms with E-state index in [1.807, 2.05) is 12.1 Å². The number of hydrogen-bond donors (Lipinski definition) is 2. The van der Waals surface area contributed by atoms with Gasteiger partial charge in [-0.25, -0.2) is 0 Å². The van der Waals surface area contributed by atoms with Crippen LogP contribution in [0.1, 0.15) is 11.8 Å². The number of amides is 2. The van der Waals surface area contributed by atoms with Gasteiger partial charge in [0.05, 0.1) is 10.1 Å². The number of benzene rings is 1. The van der Waals surface area contributed by atoms with Gasteiger partial charge < -0.3 is 15.4 Å². The molecule has 1 aromatic carbocycles. The molecule has 0 aliphatic carbocycles. The van der Waals surface area contributed by atoms with Crippen LogP contribution in [-0.4, -0.2) is 30.1 Å². The summed E-state index contributed by atoms with van der Waals surface area (Å²) in [5.74, 6) is -0.226. The van der Waals surface area contributed by atoms with Gasteiger partial charge >= 0.3 is 5.97 Å². The Bertz CT molecular complexity index is 777. The van der Waals surface area contributed by atoms with Gasteiger partial charge in [0.2, 0.25) is 5.91 Å². The van der Waals surface area contributed by atoms with Crippen LogP contribution in [0.25, 0.3) is 0 Å². The summed E-state index contributed by atoms with van der Waals surface area (Å²) >= 11 is 8.71. The number of anilines is 2. The Kier molecular flexibility index (Phi) is 7.96. The molecule has 1 heterocycles. The van der Waals surface area contributed by atoms with Crippen molar-refractivity contribution >= 4 is 63.9 Å². The van der Waals surface area contributed by atoms with Gasteiger partial charge in [0.1, 0.15) is 0 Å². The molecule has 0 saturated heterocycles. The van der Waals surface area contributed by atoms with Crippen molar-refractivity contribution in [2.75, 3.05) is 23.0 Å². The Morgan fingerprint density at radius 1 is 1.08 bits per heavy atom. The van der Waals surface area contributed by atoms with Crippen molar-refractivity contribution in [3.8, 4) is 0 Å². The molecule has 2 aromatic rings. The average molecular weight is 413 g/mol. The lowest BCUT2D eigenvalue weighted by atomic mass is 10.2. The summed E-state index contributed by atoms with van der Waals surface area (Å²) in [4.78, 5) is 35.5. The van der Waals surface area contributed by atoms with Crippen LogP contribution in [-0.2, 0) is 24.9 Å². The highest BCUT2D eigenvalue weighted by Crippen LogP contribution is 2.25. The van der Waals surface area contributed by atoms with Crippen LogP contribution in [0.15, 0.2) is 36.4 Å². The largest absolute Gasteiger partial charge is 0.455 e. The monoisotopic (exact) mass is 412 g/mol. The molecule has 0 spiro atoms. The second-order valence-electron chi connectivity index (χ2n) is 5.17. The summed E-state index contributed by atoms with van der Waals surface area (Å²) in [5.41, 5.74) is 1.18. The van der Waals surface area contributed by atoms with Crippen LogP contribution in [0, 0.1) is 0 Å². The summed E-state index contributed by atoms with van der Waals surface area (Å²) < 4.78 is 5.66. The van der Waals surface area contributed by atoms with Gasteiger partial charge in [-0.3, -0.25) is 14.4 Å². The minimum atomic E-state index is -0.450. The summed E-state index contributed by atoms with van der Waals surface area (Å²) in [7, 11) is 0. The number of thiophene rings is 1. The molecular weight excluding hydrogens is 396 g/mol. The highest BCUT2D eigenvalue weighted by atomic mass is 35.5. The number of rotatable bonds is 8. The Balaban J connectivity index is 1.65. The maximum absolute atomic E-state index is 11.8. The zero-order chi connectivity index (χ0) is 18.9. The predicted octanol–water partition coefficient (Wildman–Crippen LogP) is 3.78. The van der Waals surface area contributed by atoms with Gasteiger partial charge in [-0.1, -0.05) is 11.6 Å². The van der Waals surface area contributed by atoms with E-state index in [2.05, 4.69) is 10.6 Å². The molecule has 0 atom stereocenters. The normalized spacial score (nSPS) is 10.2. The average Bonchev–Trinajstić information content (AvgIpc) is 3.00. The third-order valence-electron chi connectivity index (χ3n) is 2.95. The first kappa shape index (κ1) is 20.3. The molecule has 0 saturated carbocycles. The zero-order valence-corrected chi connectivity index (χ0v) is 16.3. The van der Waals surface area contributed by atoms with E-state index in [1.165, 1.54) is 30.0 Å². The van der Waals surface area contributed by atoms with Crippen molar-refractivity contribution in [1.82, 2.24) is 0 Å². The number of ether oxygens (including phenoxy) is 1. The molecule has 6 nitrogen and oxygen atoms in total. The highest BCUT2D eigenvalue weighted by Gasteiger charge is 2.09. The summed E-state index contributed by atoms with van der Waals surface area (Å²) in [6.45, 7) is 1.07. The van der Waals surface area contributed by atoms with Gasteiger partial charge in [0.25, 0.3) is 5.91 Å². The molecule has 2 N–H and O–H groups in total. The first-order chi connectivity index (χ1) is 12.4. The molecule has 9 heteroatoms. The number of thioether (sulfide) groups is 1. The van der Waals surface area contributed by atoms with Crippen LogP contribution in [0.4, 0.5) is 11.4 Å². The fourth-order valence-corrected chi connectivity index (χ4v) is 3.91. The Labute approximate surface area is 164 Å². The van der Waals surface area contributed by atoms with E-state index in [4.69, 9.17) is 16.3 Å². The predicted molar refractivity (Wildman–Crippen MR) is 106 cm³/mol. The Hall–Kier alpha value is -2.03. The second-order valence-corrected chi connectivity index (χ2v) is 7.95. The molecule has 0 radical (unpaired) electrons. The molecule has 0 bridgehead atoms. The summed E-state index contributed by atoms with van der Waals surface area (Å²) in [6, 6.07) is 10.3. The van der Waals surface area contributed by atoms with Crippen LogP contribution in [0.5, 0.6) is 0 Å². The van der Waals surface area contributed by atoms with Crippen LogP contribution >= 0.6 is 34.7 Å². The van der Waals surface area contributed by atoms with E-state index < -0.39 is 11.9 Å². The topological polar surface area (TPSA) is 84.5 Å². The zero-order valence-electron chi connectivity index (χ0n) is 13.9. The number of esters is 1. The molecule has 0 aliphatic rings. The van der Waals surface area contributed by atoms with Gasteiger partial charge in [-0.05, 0) is 36.4 Å². The quantitative estimate of drug-likeness (QED) is 0.644. The van der Waals surface area contributed by atoms with Crippen LogP contribution < -0.4 is 10.6 Å². The first-order valence-corrected chi connectivity index (χ1v) is 9.92. The fourth-order valence-electron chi connectivity index (χ4n) is 1.89. The molecule has 26 heavy (non-hydrogen) atoms. The number of carbonyl (C=O) groups is 3. The van der Waals surface area contributed by atoms with Gasteiger partial charge in [0.15, 0.2) is 6.61 Å². The minimum absolute atomic E-state index is 0.161. The highest BCUT2D eigenvalue weighted by molar-refractivity contribution is 7.99. The molecular formula is C17H17ClN2O4S2. The van der Waals surface area contributed by atoms with Crippen molar-refractivity contribution in [3.05, 3.63) is 45.6 Å². The molecule has 2 amide bonds. The smallest absolute Gasteiger partial charge is 0.316 e. The lowest BCUT2D eigenvalue weighted by Gasteiger charge is -2.08. The minimum Gasteiger partial charge on any atom is -0.455 e.